The molecule has 0 aliphatic carbocycles. The van der Waals surface area contributed by atoms with Gasteiger partial charge in [-0.2, -0.15) is 18.2 Å². The highest BCUT2D eigenvalue weighted by molar-refractivity contribution is 5.44. The summed E-state index contributed by atoms with van der Waals surface area (Å²) in [4.78, 5) is 7.91. The molecule has 1 aromatic rings. The minimum Gasteiger partial charge on any atom is -0.468 e. The van der Waals surface area contributed by atoms with E-state index in [0.29, 0.717) is 11.4 Å². The predicted octanol–water partition coefficient (Wildman–Crippen LogP) is 2.43. The van der Waals surface area contributed by atoms with Gasteiger partial charge >= 0.3 is 6.18 Å². The minimum atomic E-state index is -4.40. The number of hydrogen-bond donors (Lipinski definition) is 1. The third kappa shape index (κ3) is 3.76. The molecule has 0 unspecified atom stereocenters. The molecule has 0 bridgehead atoms. The molecule has 2 N–H and O–H groups in total. The number of rotatable bonds is 3. The smallest absolute Gasteiger partial charge is 0.422 e. The summed E-state index contributed by atoms with van der Waals surface area (Å²) < 4.78 is 40.7. The normalized spacial score (nSPS) is 11.9. The van der Waals surface area contributed by atoms with Crippen LogP contribution in [0.15, 0.2) is 0 Å². The lowest BCUT2D eigenvalue weighted by Crippen LogP contribution is -2.21. The Hall–Kier alpha value is -1.53. The molecule has 0 aliphatic heterocycles. The van der Waals surface area contributed by atoms with Crippen LogP contribution in [0.3, 0.4) is 0 Å². The maximum Gasteiger partial charge on any atom is 0.422 e. The fraction of sp³-hybridized carbons (Fsp3) is 0.600. The zero-order chi connectivity index (χ0) is 13.2. The standard InChI is InChI=1S/C10H14F3N3O/c1-5(2)8-15-7(14)6(3)9(16-8)17-4-10(11,12)13/h5H,4H2,1-3H3,(H2,14,15,16). The summed E-state index contributed by atoms with van der Waals surface area (Å²) in [6, 6.07) is 0. The van der Waals surface area contributed by atoms with Crippen LogP contribution >= 0.6 is 0 Å². The van der Waals surface area contributed by atoms with Crippen LogP contribution in [0.2, 0.25) is 0 Å². The first kappa shape index (κ1) is 13.5. The fourth-order valence-electron chi connectivity index (χ4n) is 1.08. The van der Waals surface area contributed by atoms with Crippen LogP contribution < -0.4 is 10.5 Å². The van der Waals surface area contributed by atoms with Gasteiger partial charge in [0.05, 0.1) is 5.56 Å². The van der Waals surface area contributed by atoms with Crippen molar-refractivity contribution in [3.05, 3.63) is 11.4 Å². The van der Waals surface area contributed by atoms with Gasteiger partial charge in [0, 0.05) is 5.92 Å². The second kappa shape index (κ2) is 4.77. The molecule has 4 nitrogen and oxygen atoms in total. The molecule has 0 radical (unpaired) electrons. The van der Waals surface area contributed by atoms with Crippen molar-refractivity contribution in [2.75, 3.05) is 12.3 Å². The number of nitrogen functional groups attached to an aromatic ring is 1. The molecular formula is C10H14F3N3O. The number of hydrogen-bond acceptors (Lipinski definition) is 4. The summed E-state index contributed by atoms with van der Waals surface area (Å²) in [6.45, 7) is 3.77. The topological polar surface area (TPSA) is 61.0 Å². The lowest BCUT2D eigenvalue weighted by atomic mass is 10.2. The Morgan fingerprint density at radius 1 is 1.29 bits per heavy atom. The van der Waals surface area contributed by atoms with Crippen LogP contribution in [0.4, 0.5) is 19.0 Å². The van der Waals surface area contributed by atoms with Crippen LogP contribution in [0, 0.1) is 6.92 Å². The highest BCUT2D eigenvalue weighted by Crippen LogP contribution is 2.24. The van der Waals surface area contributed by atoms with Crippen LogP contribution in [-0.4, -0.2) is 22.8 Å². The second-order valence-electron chi connectivity index (χ2n) is 3.96. The first-order valence-electron chi connectivity index (χ1n) is 5.04. The van der Waals surface area contributed by atoms with E-state index in [2.05, 4.69) is 14.7 Å². The molecule has 0 aromatic carbocycles. The van der Waals surface area contributed by atoms with E-state index in [-0.39, 0.29) is 17.6 Å². The lowest BCUT2D eigenvalue weighted by molar-refractivity contribution is -0.154. The molecule has 0 aliphatic rings. The molecule has 0 saturated carbocycles. The molecule has 1 heterocycles. The van der Waals surface area contributed by atoms with Gasteiger partial charge in [-0.25, -0.2) is 4.98 Å². The molecule has 0 atom stereocenters. The van der Waals surface area contributed by atoms with Gasteiger partial charge in [-0.15, -0.1) is 0 Å². The van der Waals surface area contributed by atoms with E-state index in [0.717, 1.165) is 0 Å². The number of ether oxygens (including phenoxy) is 1. The van der Waals surface area contributed by atoms with Crippen molar-refractivity contribution in [2.24, 2.45) is 0 Å². The van der Waals surface area contributed by atoms with Crippen molar-refractivity contribution in [2.45, 2.75) is 32.9 Å². The van der Waals surface area contributed by atoms with Gasteiger partial charge in [-0.05, 0) is 6.92 Å². The number of nitrogens with two attached hydrogens (primary N) is 1. The Bertz CT molecular complexity index is 405. The summed E-state index contributed by atoms with van der Waals surface area (Å²) in [5, 5.41) is 0. The number of nitrogens with zero attached hydrogens (tertiary/aromatic N) is 2. The second-order valence-corrected chi connectivity index (χ2v) is 3.96. The maximum absolute atomic E-state index is 12.0. The van der Waals surface area contributed by atoms with Crippen molar-refractivity contribution in [1.82, 2.24) is 9.97 Å². The molecule has 7 heteroatoms. The number of aromatic nitrogens is 2. The molecule has 0 saturated heterocycles. The van der Waals surface area contributed by atoms with E-state index in [1.165, 1.54) is 6.92 Å². The van der Waals surface area contributed by atoms with E-state index in [1.807, 2.05) is 13.8 Å². The van der Waals surface area contributed by atoms with Crippen molar-refractivity contribution >= 4 is 5.82 Å². The van der Waals surface area contributed by atoms with Gasteiger partial charge in [0.2, 0.25) is 5.88 Å². The fourth-order valence-corrected chi connectivity index (χ4v) is 1.08. The largest absolute Gasteiger partial charge is 0.468 e. The number of anilines is 1. The summed E-state index contributed by atoms with van der Waals surface area (Å²) in [6.07, 6.45) is -4.40. The van der Waals surface area contributed by atoms with Gasteiger partial charge in [0.1, 0.15) is 11.6 Å². The molecule has 96 valence electrons. The highest BCUT2D eigenvalue weighted by Gasteiger charge is 2.29. The average molecular weight is 249 g/mol. The summed E-state index contributed by atoms with van der Waals surface area (Å²) in [5.41, 5.74) is 5.90. The van der Waals surface area contributed by atoms with Crippen molar-refractivity contribution < 1.29 is 17.9 Å². The van der Waals surface area contributed by atoms with Crippen LogP contribution in [0.1, 0.15) is 31.2 Å². The van der Waals surface area contributed by atoms with E-state index in [4.69, 9.17) is 5.73 Å². The third-order valence-electron chi connectivity index (χ3n) is 2.05. The quantitative estimate of drug-likeness (QED) is 0.893. The van der Waals surface area contributed by atoms with Crippen LogP contribution in [0.5, 0.6) is 5.88 Å². The maximum atomic E-state index is 12.0. The van der Waals surface area contributed by atoms with Gasteiger partial charge in [0.15, 0.2) is 6.61 Å². The monoisotopic (exact) mass is 249 g/mol. The van der Waals surface area contributed by atoms with E-state index >= 15 is 0 Å². The molecule has 0 amide bonds. The first-order valence-corrected chi connectivity index (χ1v) is 5.04. The van der Waals surface area contributed by atoms with E-state index in [1.54, 1.807) is 0 Å². The summed E-state index contributed by atoms with van der Waals surface area (Å²) in [5.74, 6) is 0.357. The summed E-state index contributed by atoms with van der Waals surface area (Å²) in [7, 11) is 0. The highest BCUT2D eigenvalue weighted by atomic mass is 19.4. The number of alkyl halides is 3. The zero-order valence-electron chi connectivity index (χ0n) is 9.80. The molecular weight excluding hydrogens is 235 g/mol. The predicted molar refractivity (Wildman–Crippen MR) is 56.8 cm³/mol. The molecule has 0 spiro atoms. The zero-order valence-corrected chi connectivity index (χ0v) is 9.80. The minimum absolute atomic E-state index is 0.0360. The average Bonchev–Trinajstić information content (AvgIpc) is 2.18. The van der Waals surface area contributed by atoms with E-state index < -0.39 is 12.8 Å². The van der Waals surface area contributed by atoms with Gasteiger partial charge in [-0.3, -0.25) is 0 Å². The van der Waals surface area contributed by atoms with Crippen molar-refractivity contribution in [1.29, 1.82) is 0 Å². The van der Waals surface area contributed by atoms with Gasteiger partial charge < -0.3 is 10.5 Å². The molecule has 17 heavy (non-hydrogen) atoms. The van der Waals surface area contributed by atoms with Crippen molar-refractivity contribution in [3.63, 3.8) is 0 Å². The Balaban J connectivity index is 2.98. The van der Waals surface area contributed by atoms with Crippen molar-refractivity contribution in [3.8, 4) is 5.88 Å². The van der Waals surface area contributed by atoms with Crippen LogP contribution in [0.25, 0.3) is 0 Å². The van der Waals surface area contributed by atoms with E-state index in [9.17, 15) is 13.2 Å². The molecule has 1 aromatic heterocycles. The molecule has 1 rings (SSSR count). The summed E-state index contributed by atoms with van der Waals surface area (Å²) >= 11 is 0. The lowest BCUT2D eigenvalue weighted by Gasteiger charge is -2.13. The van der Waals surface area contributed by atoms with Crippen LogP contribution in [-0.2, 0) is 0 Å². The Morgan fingerprint density at radius 3 is 2.35 bits per heavy atom. The molecule has 0 fully saturated rings. The van der Waals surface area contributed by atoms with Gasteiger partial charge in [-0.1, -0.05) is 13.8 Å². The Labute approximate surface area is 97.0 Å². The third-order valence-corrected chi connectivity index (χ3v) is 2.05. The Kier molecular flexibility index (Phi) is 3.79. The SMILES string of the molecule is Cc1c(N)nc(C(C)C)nc1OCC(F)(F)F. The Morgan fingerprint density at radius 2 is 1.88 bits per heavy atom. The first-order chi connectivity index (χ1) is 7.70. The number of halogens is 3. The van der Waals surface area contributed by atoms with Gasteiger partial charge in [0.25, 0.3) is 0 Å².